The van der Waals surface area contributed by atoms with E-state index in [2.05, 4.69) is 10.9 Å². The Morgan fingerprint density at radius 1 is 1.57 bits per heavy atom. The van der Waals surface area contributed by atoms with Crippen LogP contribution >= 0.6 is 11.3 Å². The summed E-state index contributed by atoms with van der Waals surface area (Å²) in [6, 6.07) is 0. The first-order valence-electron chi connectivity index (χ1n) is 4.14. The van der Waals surface area contributed by atoms with Crippen molar-refractivity contribution in [3.63, 3.8) is 0 Å². The van der Waals surface area contributed by atoms with E-state index in [0.717, 1.165) is 11.3 Å². The minimum atomic E-state index is -0.383. The molecule has 0 radical (unpaired) electrons. The van der Waals surface area contributed by atoms with Crippen LogP contribution < -0.4 is 10.9 Å². The Kier molecular flexibility index (Phi) is 2.30. The van der Waals surface area contributed by atoms with Gasteiger partial charge in [0.05, 0.1) is 5.69 Å². The molecule has 2 heterocycles. The second-order valence-electron chi connectivity index (χ2n) is 3.17. The Hall–Kier alpha value is -1.27. The monoisotopic (exact) mass is 213 g/mol. The molecule has 0 saturated heterocycles. The van der Waals surface area contributed by atoms with Gasteiger partial charge in [-0.15, -0.1) is 11.3 Å². The Labute approximate surface area is 85.6 Å². The predicted octanol–water partition coefficient (Wildman–Crippen LogP) is 1.38. The summed E-state index contributed by atoms with van der Waals surface area (Å²) in [5, 5.41) is 3.92. The average molecular weight is 213 g/mol. The Morgan fingerprint density at radius 2 is 2.36 bits per heavy atom. The highest BCUT2D eigenvalue weighted by Gasteiger charge is 2.26. The van der Waals surface area contributed by atoms with Gasteiger partial charge in [-0.2, -0.15) is 5.43 Å². The smallest absolute Gasteiger partial charge is 0.411 e. The average Bonchev–Trinajstić information content (AvgIpc) is 2.69. The molecule has 14 heavy (non-hydrogen) atoms. The molecule has 1 aliphatic rings. The SMILES string of the molecule is CN(C)C(=O)OC1NNc2cscc21. The van der Waals surface area contributed by atoms with Gasteiger partial charge in [0.1, 0.15) is 0 Å². The molecule has 1 aliphatic heterocycles. The van der Waals surface area contributed by atoms with E-state index < -0.39 is 0 Å². The zero-order chi connectivity index (χ0) is 10.1. The molecule has 6 heteroatoms. The molecule has 0 aliphatic carbocycles. The van der Waals surface area contributed by atoms with Crippen molar-refractivity contribution in [3.8, 4) is 0 Å². The summed E-state index contributed by atoms with van der Waals surface area (Å²) in [5.74, 6) is 0. The predicted molar refractivity (Wildman–Crippen MR) is 54.0 cm³/mol. The lowest BCUT2D eigenvalue weighted by Gasteiger charge is -2.15. The summed E-state index contributed by atoms with van der Waals surface area (Å²) in [6.07, 6.45) is -0.741. The van der Waals surface area contributed by atoms with Crippen LogP contribution in [-0.2, 0) is 4.74 Å². The molecular weight excluding hydrogens is 202 g/mol. The summed E-state index contributed by atoms with van der Waals surface area (Å²) >= 11 is 1.57. The van der Waals surface area contributed by atoms with E-state index in [1.807, 2.05) is 10.8 Å². The number of hydrogen-bond acceptors (Lipinski definition) is 5. The number of fused-ring (bicyclic) bond motifs is 1. The molecule has 0 fully saturated rings. The van der Waals surface area contributed by atoms with E-state index in [1.165, 1.54) is 4.90 Å². The third kappa shape index (κ3) is 1.53. The van der Waals surface area contributed by atoms with E-state index in [9.17, 15) is 4.79 Å². The second-order valence-corrected chi connectivity index (χ2v) is 3.91. The number of hydrogen-bond donors (Lipinski definition) is 2. The summed E-state index contributed by atoms with van der Waals surface area (Å²) in [7, 11) is 3.30. The van der Waals surface area contributed by atoms with E-state index >= 15 is 0 Å². The molecule has 76 valence electrons. The molecule has 1 aromatic rings. The quantitative estimate of drug-likeness (QED) is 0.740. The molecule has 1 unspecified atom stereocenters. The number of carbonyl (C=O) groups excluding carboxylic acids is 1. The fraction of sp³-hybridized carbons (Fsp3) is 0.375. The molecular formula is C8H11N3O2S. The van der Waals surface area contributed by atoms with Gasteiger partial charge in [0.15, 0.2) is 0 Å². The second kappa shape index (κ2) is 3.47. The van der Waals surface area contributed by atoms with Crippen molar-refractivity contribution >= 4 is 23.1 Å². The topological polar surface area (TPSA) is 53.6 Å². The van der Waals surface area contributed by atoms with Crippen LogP contribution in [0.15, 0.2) is 10.8 Å². The summed E-state index contributed by atoms with van der Waals surface area (Å²) in [5.41, 5.74) is 7.77. The van der Waals surface area contributed by atoms with E-state index in [0.29, 0.717) is 0 Å². The van der Waals surface area contributed by atoms with Crippen LogP contribution in [0.25, 0.3) is 0 Å². The standard InChI is InChI=1S/C8H11N3O2S/c1-11(2)8(12)13-7-5-3-14-4-6(5)9-10-7/h3-4,7,9-10H,1-2H3. The lowest BCUT2D eigenvalue weighted by molar-refractivity contribution is 0.0657. The molecule has 0 spiro atoms. The normalized spacial score (nSPS) is 18.6. The molecule has 0 aromatic carbocycles. The third-order valence-electron chi connectivity index (χ3n) is 1.90. The Morgan fingerprint density at radius 3 is 3.07 bits per heavy atom. The van der Waals surface area contributed by atoms with Gasteiger partial charge in [-0.05, 0) is 0 Å². The van der Waals surface area contributed by atoms with Crippen molar-refractivity contribution in [2.75, 3.05) is 19.5 Å². The molecule has 5 nitrogen and oxygen atoms in total. The summed E-state index contributed by atoms with van der Waals surface area (Å²) in [4.78, 5) is 12.7. The molecule has 0 bridgehead atoms. The van der Waals surface area contributed by atoms with E-state index in [-0.39, 0.29) is 12.3 Å². The van der Waals surface area contributed by atoms with Crippen LogP contribution in [0.2, 0.25) is 0 Å². The Balaban J connectivity index is 2.05. The minimum absolute atomic E-state index is 0.358. The first kappa shape index (κ1) is 9.29. The number of anilines is 1. The van der Waals surface area contributed by atoms with Crippen LogP contribution in [-0.4, -0.2) is 25.1 Å². The minimum Gasteiger partial charge on any atom is -0.424 e. The third-order valence-corrected chi connectivity index (χ3v) is 2.66. The first-order chi connectivity index (χ1) is 6.68. The van der Waals surface area contributed by atoms with Crippen molar-refractivity contribution in [2.45, 2.75) is 6.23 Å². The van der Waals surface area contributed by atoms with Gasteiger partial charge in [0.2, 0.25) is 6.23 Å². The maximum Gasteiger partial charge on any atom is 0.411 e. The van der Waals surface area contributed by atoms with E-state index in [1.54, 1.807) is 25.4 Å². The lowest BCUT2D eigenvalue weighted by Crippen LogP contribution is -2.29. The van der Waals surface area contributed by atoms with Gasteiger partial charge in [0, 0.05) is 30.4 Å². The number of ether oxygens (including phenoxy) is 1. The van der Waals surface area contributed by atoms with Gasteiger partial charge >= 0.3 is 6.09 Å². The van der Waals surface area contributed by atoms with Crippen molar-refractivity contribution in [1.29, 1.82) is 0 Å². The van der Waals surface area contributed by atoms with Crippen LogP contribution in [0.5, 0.6) is 0 Å². The number of thiophene rings is 1. The number of nitrogens with zero attached hydrogens (tertiary/aromatic N) is 1. The molecule has 0 saturated carbocycles. The fourth-order valence-electron chi connectivity index (χ4n) is 1.13. The Bertz CT molecular complexity index is 350. The van der Waals surface area contributed by atoms with Crippen molar-refractivity contribution in [2.24, 2.45) is 0 Å². The fourth-order valence-corrected chi connectivity index (χ4v) is 1.93. The van der Waals surface area contributed by atoms with E-state index in [4.69, 9.17) is 4.74 Å². The molecule has 1 atom stereocenters. The largest absolute Gasteiger partial charge is 0.424 e. The maximum atomic E-state index is 11.3. The lowest BCUT2D eigenvalue weighted by atomic mass is 10.3. The number of nitrogens with one attached hydrogen (secondary N) is 2. The van der Waals surface area contributed by atoms with Crippen molar-refractivity contribution in [3.05, 3.63) is 16.3 Å². The van der Waals surface area contributed by atoms with Gasteiger partial charge in [0.25, 0.3) is 0 Å². The summed E-state index contributed by atoms with van der Waals surface area (Å²) < 4.78 is 5.18. The molecule has 2 rings (SSSR count). The molecule has 1 aromatic heterocycles. The van der Waals surface area contributed by atoms with Crippen LogP contribution in [0.4, 0.5) is 10.5 Å². The van der Waals surface area contributed by atoms with Gasteiger partial charge in [-0.25, -0.2) is 4.79 Å². The van der Waals surface area contributed by atoms with Crippen LogP contribution in [0.1, 0.15) is 11.8 Å². The number of rotatable bonds is 1. The van der Waals surface area contributed by atoms with Crippen LogP contribution in [0, 0.1) is 0 Å². The maximum absolute atomic E-state index is 11.3. The summed E-state index contributed by atoms with van der Waals surface area (Å²) in [6.45, 7) is 0. The van der Waals surface area contributed by atoms with Crippen LogP contribution in [0.3, 0.4) is 0 Å². The van der Waals surface area contributed by atoms with Gasteiger partial charge < -0.3 is 15.1 Å². The highest BCUT2D eigenvalue weighted by molar-refractivity contribution is 7.08. The first-order valence-corrected chi connectivity index (χ1v) is 5.08. The van der Waals surface area contributed by atoms with Gasteiger partial charge in [-0.1, -0.05) is 0 Å². The zero-order valence-corrected chi connectivity index (χ0v) is 8.72. The molecule has 2 N–H and O–H groups in total. The highest BCUT2D eigenvalue weighted by Crippen LogP contribution is 2.32. The zero-order valence-electron chi connectivity index (χ0n) is 7.90. The number of carbonyl (C=O) groups is 1. The van der Waals surface area contributed by atoms with Gasteiger partial charge in [-0.3, -0.25) is 0 Å². The van der Waals surface area contributed by atoms with Crippen molar-refractivity contribution < 1.29 is 9.53 Å². The molecule has 1 amide bonds. The number of hydrazine groups is 1. The van der Waals surface area contributed by atoms with Crippen molar-refractivity contribution in [1.82, 2.24) is 10.3 Å². The number of amides is 1. The highest BCUT2D eigenvalue weighted by atomic mass is 32.1.